The third-order valence-electron chi connectivity index (χ3n) is 6.89. The number of carbonyl (C=O) groups is 4. The van der Waals surface area contributed by atoms with E-state index in [1.807, 2.05) is 27.7 Å². The summed E-state index contributed by atoms with van der Waals surface area (Å²) in [6.45, 7) is 10.9. The molecule has 1 aromatic rings. The highest BCUT2D eigenvalue weighted by Crippen LogP contribution is 2.37. The predicted octanol–water partition coefficient (Wildman–Crippen LogP) is 1.61. The quantitative estimate of drug-likeness (QED) is 0.270. The van der Waals surface area contributed by atoms with Crippen molar-refractivity contribution in [3.8, 4) is 5.75 Å². The molecule has 0 bridgehead atoms. The van der Waals surface area contributed by atoms with Crippen molar-refractivity contribution in [2.45, 2.75) is 90.7 Å². The first-order chi connectivity index (χ1) is 18.1. The fourth-order valence-corrected chi connectivity index (χ4v) is 4.32. The second-order valence-electron chi connectivity index (χ2n) is 10.5. The van der Waals surface area contributed by atoms with Crippen LogP contribution in [-0.2, 0) is 47.4 Å². The van der Waals surface area contributed by atoms with Crippen LogP contribution in [0.5, 0.6) is 5.75 Å². The van der Waals surface area contributed by atoms with E-state index < -0.39 is 79.1 Å². The lowest BCUT2D eigenvalue weighted by molar-refractivity contribution is -0.271. The van der Waals surface area contributed by atoms with E-state index in [0.29, 0.717) is 5.75 Å². The zero-order valence-corrected chi connectivity index (χ0v) is 23.1. The van der Waals surface area contributed by atoms with Crippen LogP contribution in [0.2, 0.25) is 0 Å². The number of hydrogen-bond acceptors (Lipinski definition) is 11. The smallest absolute Gasteiger partial charge is 0.481 e. The fraction of sp³-hybridized carbons (Fsp3) is 0.615. The lowest BCUT2D eigenvalue weighted by Gasteiger charge is -2.44. The van der Waals surface area contributed by atoms with Crippen LogP contribution < -0.4 is 10.2 Å². The molecule has 0 unspecified atom stereocenters. The van der Waals surface area contributed by atoms with Gasteiger partial charge in [-0.3, -0.25) is 19.2 Å². The molecular formula is C26H35BO12. The summed E-state index contributed by atoms with van der Waals surface area (Å²) in [5.41, 5.74) is -0.296. The third-order valence-corrected chi connectivity index (χ3v) is 6.89. The van der Waals surface area contributed by atoms with Gasteiger partial charge in [-0.1, -0.05) is 12.1 Å². The van der Waals surface area contributed by atoms with Crippen molar-refractivity contribution in [3.05, 3.63) is 24.3 Å². The van der Waals surface area contributed by atoms with Crippen molar-refractivity contribution in [2.24, 2.45) is 5.92 Å². The zero-order chi connectivity index (χ0) is 29.1. The summed E-state index contributed by atoms with van der Waals surface area (Å²) in [7, 11) is -0.597. The van der Waals surface area contributed by atoms with Crippen molar-refractivity contribution in [1.82, 2.24) is 0 Å². The maximum absolute atomic E-state index is 12.0. The van der Waals surface area contributed by atoms with Gasteiger partial charge in [0.2, 0.25) is 6.29 Å². The van der Waals surface area contributed by atoms with Gasteiger partial charge in [-0.05, 0) is 45.3 Å². The Labute approximate surface area is 227 Å². The average molecular weight is 550 g/mol. The van der Waals surface area contributed by atoms with E-state index in [4.69, 9.17) is 33.0 Å². The summed E-state index contributed by atoms with van der Waals surface area (Å²) in [5.74, 6) is -4.05. The molecule has 39 heavy (non-hydrogen) atoms. The molecule has 13 heteroatoms. The molecule has 3 rings (SSSR count). The van der Waals surface area contributed by atoms with Crippen LogP contribution in [0, 0.1) is 5.92 Å². The van der Waals surface area contributed by atoms with Crippen molar-refractivity contribution in [2.75, 3.05) is 6.61 Å². The highest BCUT2D eigenvalue weighted by Gasteiger charge is 2.53. The molecule has 5 atom stereocenters. The Morgan fingerprint density at radius 2 is 1.41 bits per heavy atom. The molecule has 2 aliphatic rings. The van der Waals surface area contributed by atoms with Gasteiger partial charge in [0.05, 0.1) is 23.5 Å². The number of rotatable bonds is 9. The minimum atomic E-state index is -1.26. The number of esters is 3. The monoisotopic (exact) mass is 550 g/mol. The largest absolute Gasteiger partial charge is 0.494 e. The van der Waals surface area contributed by atoms with Gasteiger partial charge in [-0.15, -0.1) is 0 Å². The second-order valence-corrected chi connectivity index (χ2v) is 10.5. The highest BCUT2D eigenvalue weighted by molar-refractivity contribution is 6.62. The summed E-state index contributed by atoms with van der Waals surface area (Å²) in [6.07, 6.45) is -5.42. The Morgan fingerprint density at radius 1 is 0.872 bits per heavy atom. The maximum atomic E-state index is 12.0. The zero-order valence-electron chi connectivity index (χ0n) is 23.1. The molecule has 0 aliphatic carbocycles. The van der Waals surface area contributed by atoms with Crippen molar-refractivity contribution >= 4 is 36.5 Å². The number of carboxylic acid groups (broad SMARTS) is 1. The second kappa shape index (κ2) is 11.9. The molecule has 0 amide bonds. The lowest BCUT2D eigenvalue weighted by atomic mass is 9.79. The summed E-state index contributed by atoms with van der Waals surface area (Å²) < 4.78 is 40.0. The van der Waals surface area contributed by atoms with Gasteiger partial charge in [0.1, 0.15) is 18.5 Å². The Bertz CT molecular complexity index is 1050. The van der Waals surface area contributed by atoms with Gasteiger partial charge < -0.3 is 38.1 Å². The SMILES string of the molecule is CC(=O)OC[C@H]1O[C@H](Oc2ccc(B3OC(C)(C)C(C)(C)O3)cc2)[C@@H](CC(=O)O)[C@H](OC(C)=O)[C@H]1OC(C)=O. The molecular weight excluding hydrogens is 515 g/mol. The van der Waals surface area contributed by atoms with E-state index in [-0.39, 0.29) is 6.61 Å². The lowest BCUT2D eigenvalue weighted by Crippen LogP contribution is -2.60. The van der Waals surface area contributed by atoms with Crippen LogP contribution in [0.15, 0.2) is 24.3 Å². The molecule has 1 aromatic carbocycles. The van der Waals surface area contributed by atoms with Crippen LogP contribution in [0.4, 0.5) is 0 Å². The molecule has 0 aromatic heterocycles. The predicted molar refractivity (Wildman–Crippen MR) is 135 cm³/mol. The number of carbonyl (C=O) groups excluding carboxylic acids is 3. The molecule has 1 N–H and O–H groups in total. The first kappa shape index (κ1) is 30.4. The van der Waals surface area contributed by atoms with Gasteiger partial charge >= 0.3 is 31.0 Å². The molecule has 2 heterocycles. The molecule has 0 radical (unpaired) electrons. The van der Waals surface area contributed by atoms with Crippen molar-refractivity contribution in [3.63, 3.8) is 0 Å². The topological polar surface area (TPSA) is 153 Å². The van der Waals surface area contributed by atoms with E-state index in [1.54, 1.807) is 24.3 Å². The molecule has 214 valence electrons. The van der Waals surface area contributed by atoms with E-state index in [1.165, 1.54) is 6.92 Å². The van der Waals surface area contributed by atoms with Crippen LogP contribution >= 0.6 is 0 Å². The summed E-state index contributed by atoms with van der Waals surface area (Å²) in [6, 6.07) is 6.77. The number of carboxylic acids is 1. The molecule has 2 fully saturated rings. The number of hydrogen-bond donors (Lipinski definition) is 1. The van der Waals surface area contributed by atoms with E-state index in [0.717, 1.165) is 19.3 Å². The first-order valence-electron chi connectivity index (χ1n) is 12.6. The number of benzene rings is 1. The van der Waals surface area contributed by atoms with Gasteiger partial charge in [0.15, 0.2) is 12.2 Å². The van der Waals surface area contributed by atoms with Crippen LogP contribution in [0.25, 0.3) is 0 Å². The summed E-state index contributed by atoms with van der Waals surface area (Å²) in [4.78, 5) is 47.1. The Morgan fingerprint density at radius 3 is 1.90 bits per heavy atom. The Hall–Kier alpha value is -3.16. The minimum Gasteiger partial charge on any atom is -0.481 e. The molecule has 2 aliphatic heterocycles. The Balaban J connectivity index is 1.89. The Kier molecular flexibility index (Phi) is 9.29. The van der Waals surface area contributed by atoms with E-state index in [9.17, 15) is 24.3 Å². The van der Waals surface area contributed by atoms with Crippen molar-refractivity contribution in [1.29, 1.82) is 0 Å². The molecule has 0 saturated carbocycles. The maximum Gasteiger partial charge on any atom is 0.494 e. The highest BCUT2D eigenvalue weighted by atomic mass is 16.7. The average Bonchev–Trinajstić information content (AvgIpc) is 3.02. The van der Waals surface area contributed by atoms with E-state index in [2.05, 4.69) is 0 Å². The standard InChI is InChI=1S/C26H35BO12/c1-14(28)33-13-20-23(35-16(3)30)22(34-15(2)29)19(12-21(31)32)24(37-20)36-18-10-8-17(9-11-18)27-38-25(4,5)26(6,7)39-27/h8-11,19-20,22-24H,12-13H2,1-7H3,(H,31,32)/t19-,20+,22-,23-,24-/m0/s1. The number of aliphatic carboxylic acids is 1. The van der Waals surface area contributed by atoms with Gasteiger partial charge in [0.25, 0.3) is 0 Å². The summed E-state index contributed by atoms with van der Waals surface area (Å²) in [5, 5.41) is 9.60. The van der Waals surface area contributed by atoms with Crippen molar-refractivity contribution < 1.29 is 57.3 Å². The third kappa shape index (κ3) is 7.49. The van der Waals surface area contributed by atoms with Crippen LogP contribution in [0.1, 0.15) is 54.9 Å². The fourth-order valence-electron chi connectivity index (χ4n) is 4.32. The molecule has 2 saturated heterocycles. The van der Waals surface area contributed by atoms with Crippen LogP contribution in [-0.4, -0.2) is 78.5 Å². The van der Waals surface area contributed by atoms with E-state index >= 15 is 0 Å². The summed E-state index contributed by atoms with van der Waals surface area (Å²) >= 11 is 0. The number of ether oxygens (including phenoxy) is 5. The molecule has 0 spiro atoms. The van der Waals surface area contributed by atoms with Gasteiger partial charge in [-0.25, -0.2) is 0 Å². The molecule has 12 nitrogen and oxygen atoms in total. The van der Waals surface area contributed by atoms with Gasteiger partial charge in [0, 0.05) is 20.8 Å². The van der Waals surface area contributed by atoms with Gasteiger partial charge in [-0.2, -0.15) is 0 Å². The minimum absolute atomic E-state index is 0.314. The first-order valence-corrected chi connectivity index (χ1v) is 12.6. The van der Waals surface area contributed by atoms with Crippen LogP contribution in [0.3, 0.4) is 0 Å². The normalized spacial score (nSPS) is 27.4.